The van der Waals surface area contributed by atoms with E-state index in [0.717, 1.165) is 11.1 Å². The van der Waals surface area contributed by atoms with Crippen LogP contribution in [0.1, 0.15) is 21.2 Å². The lowest BCUT2D eigenvalue weighted by Crippen LogP contribution is -2.10. The molecule has 0 saturated heterocycles. The molecule has 5 rings (SSSR count). The van der Waals surface area contributed by atoms with Crippen LogP contribution in [0.2, 0.25) is 0 Å². The van der Waals surface area contributed by atoms with Gasteiger partial charge < -0.3 is 19.4 Å². The van der Waals surface area contributed by atoms with Crippen LogP contribution in [-0.2, 0) is 0 Å². The number of para-hydroxylation sites is 2. The summed E-state index contributed by atoms with van der Waals surface area (Å²) >= 11 is 0. The first-order chi connectivity index (χ1) is 16.7. The highest BCUT2D eigenvalue weighted by Gasteiger charge is 2.16. The average molecular weight is 450 g/mol. The van der Waals surface area contributed by atoms with Crippen molar-refractivity contribution in [3.8, 4) is 34.0 Å². The Morgan fingerprint density at radius 3 is 1.47 bits per heavy atom. The number of rotatable bonds is 6. The fraction of sp³-hybridized carbons (Fsp3) is 0. The lowest BCUT2D eigenvalue weighted by atomic mass is 10.1. The van der Waals surface area contributed by atoms with Crippen LogP contribution in [0.5, 0.6) is 11.5 Å². The quantitative estimate of drug-likeness (QED) is 0.281. The Morgan fingerprint density at radius 2 is 1.03 bits per heavy atom. The topological polar surface area (TPSA) is 110 Å². The van der Waals surface area contributed by atoms with Crippen molar-refractivity contribution in [2.24, 2.45) is 0 Å². The minimum Gasteiger partial charge on any atom is -0.421 e. The molecule has 0 spiro atoms. The van der Waals surface area contributed by atoms with E-state index in [-0.39, 0.29) is 11.6 Å². The van der Waals surface area contributed by atoms with Crippen molar-refractivity contribution in [2.45, 2.75) is 0 Å². The van der Waals surface area contributed by atoms with Gasteiger partial charge in [0, 0.05) is 11.1 Å². The van der Waals surface area contributed by atoms with Crippen molar-refractivity contribution in [3.05, 3.63) is 109 Å². The maximum absolute atomic E-state index is 12.4. The fourth-order valence-corrected chi connectivity index (χ4v) is 3.29. The average Bonchev–Trinajstić information content (AvgIpc) is 3.56. The van der Waals surface area contributed by atoms with Crippen LogP contribution in [0.15, 0.2) is 97.3 Å². The molecule has 34 heavy (non-hydrogen) atoms. The van der Waals surface area contributed by atoms with Crippen LogP contribution in [0.3, 0.4) is 0 Å². The van der Waals surface area contributed by atoms with Gasteiger partial charge in [0.05, 0.1) is 23.8 Å². The van der Waals surface area contributed by atoms with E-state index in [0.29, 0.717) is 22.9 Å². The zero-order chi connectivity index (χ0) is 23.3. The Labute approximate surface area is 194 Å². The van der Waals surface area contributed by atoms with E-state index in [2.05, 4.69) is 19.9 Å². The minimum absolute atomic E-state index is 0.0942. The van der Waals surface area contributed by atoms with Gasteiger partial charge in [0.25, 0.3) is 0 Å². The predicted molar refractivity (Wildman–Crippen MR) is 124 cm³/mol. The molecular formula is C26H18N4O4. The number of carbonyl (C=O) groups is 2. The number of aromatic amines is 2. The molecule has 0 aliphatic rings. The summed E-state index contributed by atoms with van der Waals surface area (Å²) in [5.74, 6) is -0.0949. The number of H-pyrrole nitrogens is 2. The molecule has 0 fully saturated rings. The van der Waals surface area contributed by atoms with Crippen molar-refractivity contribution in [2.75, 3.05) is 0 Å². The van der Waals surface area contributed by atoms with Crippen molar-refractivity contribution >= 4 is 11.9 Å². The molecule has 0 amide bonds. The van der Waals surface area contributed by atoms with Gasteiger partial charge >= 0.3 is 11.9 Å². The summed E-state index contributed by atoms with van der Waals surface area (Å²) in [6, 6.07) is 25.1. The number of hydrogen-bond donors (Lipinski definition) is 2. The van der Waals surface area contributed by atoms with Gasteiger partial charge in [-0.3, -0.25) is 0 Å². The van der Waals surface area contributed by atoms with Gasteiger partial charge in [-0.05, 0) is 30.3 Å². The van der Waals surface area contributed by atoms with Gasteiger partial charge in [-0.1, -0.05) is 54.6 Å². The lowest BCUT2D eigenvalue weighted by Gasteiger charge is -2.03. The Bertz CT molecular complexity index is 1330. The van der Waals surface area contributed by atoms with Gasteiger partial charge in [-0.2, -0.15) is 0 Å². The molecule has 0 unspecified atom stereocenters. The molecule has 2 N–H and O–H groups in total. The van der Waals surface area contributed by atoms with Crippen LogP contribution in [0.4, 0.5) is 0 Å². The lowest BCUT2D eigenvalue weighted by molar-refractivity contribution is 0.0714. The Morgan fingerprint density at radius 1 is 0.588 bits per heavy atom. The van der Waals surface area contributed by atoms with Gasteiger partial charge in [0.2, 0.25) is 11.6 Å². The number of benzene rings is 3. The molecule has 0 aliphatic carbocycles. The van der Waals surface area contributed by atoms with E-state index in [1.807, 2.05) is 36.4 Å². The highest BCUT2D eigenvalue weighted by atomic mass is 16.5. The normalized spacial score (nSPS) is 10.6. The minimum atomic E-state index is -0.580. The molecule has 0 atom stereocenters. The number of imidazole rings is 2. The molecule has 2 aromatic heterocycles. The predicted octanol–water partition coefficient (Wildman–Crippen LogP) is 4.91. The number of ether oxygens (including phenoxy) is 2. The molecule has 0 bridgehead atoms. The fourth-order valence-electron chi connectivity index (χ4n) is 3.29. The standard InChI is InChI=1S/C26H18N4O4/c31-25(33-19-10-3-1-4-11-19)23-27-15-21(29-23)17-8-7-9-18(14-17)22-16-28-24(30-22)26(32)34-20-12-5-2-6-13-20/h1-16H,(H,27,29)(H,28,30). The Kier molecular flexibility index (Phi) is 5.69. The van der Waals surface area contributed by atoms with Crippen LogP contribution >= 0.6 is 0 Å². The zero-order valence-electron chi connectivity index (χ0n) is 17.8. The van der Waals surface area contributed by atoms with E-state index >= 15 is 0 Å². The number of esters is 2. The van der Waals surface area contributed by atoms with E-state index < -0.39 is 11.9 Å². The second kappa shape index (κ2) is 9.25. The largest absolute Gasteiger partial charge is 0.421 e. The van der Waals surface area contributed by atoms with Crippen molar-refractivity contribution in [1.29, 1.82) is 0 Å². The molecule has 0 radical (unpaired) electrons. The Balaban J connectivity index is 1.32. The second-order valence-corrected chi connectivity index (χ2v) is 7.28. The van der Waals surface area contributed by atoms with Crippen LogP contribution < -0.4 is 9.47 Å². The SMILES string of the molecule is O=C(Oc1ccccc1)c1ncc(-c2cccc(-c3cnc(C(=O)Oc4ccccc4)[nH]3)c2)[nH]1. The third kappa shape index (κ3) is 4.61. The molecule has 3 aromatic carbocycles. The third-order valence-corrected chi connectivity index (χ3v) is 4.93. The van der Waals surface area contributed by atoms with Gasteiger partial charge in [-0.15, -0.1) is 0 Å². The third-order valence-electron chi connectivity index (χ3n) is 4.93. The first-order valence-electron chi connectivity index (χ1n) is 10.4. The molecule has 166 valence electrons. The van der Waals surface area contributed by atoms with Gasteiger partial charge in [0.15, 0.2) is 0 Å². The smallest absolute Gasteiger partial charge is 0.379 e. The van der Waals surface area contributed by atoms with E-state index in [1.165, 1.54) is 0 Å². The zero-order valence-corrected chi connectivity index (χ0v) is 17.8. The molecule has 5 aromatic rings. The summed E-state index contributed by atoms with van der Waals surface area (Å²) in [6.07, 6.45) is 3.13. The summed E-state index contributed by atoms with van der Waals surface area (Å²) in [7, 11) is 0. The van der Waals surface area contributed by atoms with Crippen molar-refractivity contribution in [3.63, 3.8) is 0 Å². The molecule has 8 nitrogen and oxygen atoms in total. The van der Waals surface area contributed by atoms with E-state index in [9.17, 15) is 9.59 Å². The molecule has 8 heteroatoms. The number of nitrogens with zero attached hydrogens (tertiary/aromatic N) is 2. The monoisotopic (exact) mass is 450 g/mol. The molecular weight excluding hydrogens is 432 g/mol. The highest BCUT2D eigenvalue weighted by molar-refractivity contribution is 5.89. The maximum Gasteiger partial charge on any atom is 0.379 e. The van der Waals surface area contributed by atoms with E-state index in [4.69, 9.17) is 9.47 Å². The number of carbonyl (C=O) groups excluding carboxylic acids is 2. The van der Waals surface area contributed by atoms with Crippen molar-refractivity contribution in [1.82, 2.24) is 19.9 Å². The second-order valence-electron chi connectivity index (χ2n) is 7.28. The summed E-state index contributed by atoms with van der Waals surface area (Å²) in [5.41, 5.74) is 2.88. The highest BCUT2D eigenvalue weighted by Crippen LogP contribution is 2.25. The molecule has 2 heterocycles. The van der Waals surface area contributed by atoms with Crippen LogP contribution in [0.25, 0.3) is 22.5 Å². The summed E-state index contributed by atoms with van der Waals surface area (Å²) in [6.45, 7) is 0. The molecule has 0 saturated carbocycles. The number of hydrogen-bond acceptors (Lipinski definition) is 6. The summed E-state index contributed by atoms with van der Waals surface area (Å²) in [4.78, 5) is 39.0. The van der Waals surface area contributed by atoms with Gasteiger partial charge in [0.1, 0.15) is 11.5 Å². The Hall–Kier alpha value is -4.98. The number of aromatic nitrogens is 4. The van der Waals surface area contributed by atoms with Crippen molar-refractivity contribution < 1.29 is 19.1 Å². The van der Waals surface area contributed by atoms with E-state index in [1.54, 1.807) is 60.9 Å². The first-order valence-corrected chi connectivity index (χ1v) is 10.4. The van der Waals surface area contributed by atoms with Crippen LogP contribution in [-0.4, -0.2) is 31.9 Å². The first kappa shape index (κ1) is 20.9. The van der Waals surface area contributed by atoms with Gasteiger partial charge in [-0.25, -0.2) is 19.6 Å². The molecule has 0 aliphatic heterocycles. The number of nitrogens with one attached hydrogen (secondary N) is 2. The summed E-state index contributed by atoms with van der Waals surface area (Å²) in [5, 5.41) is 0. The van der Waals surface area contributed by atoms with Crippen LogP contribution in [0, 0.1) is 0 Å². The maximum atomic E-state index is 12.4. The summed E-state index contributed by atoms with van der Waals surface area (Å²) < 4.78 is 10.6.